The van der Waals surface area contributed by atoms with Crippen molar-refractivity contribution in [3.63, 3.8) is 0 Å². The van der Waals surface area contributed by atoms with Crippen LogP contribution in [0.25, 0.3) is 0 Å². The van der Waals surface area contributed by atoms with Gasteiger partial charge in [0.1, 0.15) is 5.82 Å². The maximum absolute atomic E-state index is 13.2. The lowest BCUT2D eigenvalue weighted by molar-refractivity contribution is -0.127. The molecule has 154 valence electrons. The van der Waals surface area contributed by atoms with Gasteiger partial charge in [-0.15, -0.1) is 0 Å². The van der Waals surface area contributed by atoms with E-state index in [1.165, 1.54) is 12.1 Å². The van der Waals surface area contributed by atoms with Gasteiger partial charge in [0.15, 0.2) is 0 Å². The number of benzene rings is 2. The first-order chi connectivity index (χ1) is 13.9. The van der Waals surface area contributed by atoms with E-state index in [4.69, 9.17) is 0 Å². The number of urea groups is 1. The Bertz CT molecular complexity index is 816. The molecule has 1 saturated heterocycles. The molecule has 1 aliphatic heterocycles. The highest BCUT2D eigenvalue weighted by Gasteiger charge is 2.29. The topological polar surface area (TPSA) is 61.4 Å². The Labute approximate surface area is 171 Å². The lowest BCUT2D eigenvalue weighted by Crippen LogP contribution is -2.45. The van der Waals surface area contributed by atoms with Crippen LogP contribution in [0.3, 0.4) is 0 Å². The molecule has 1 fully saturated rings. The minimum Gasteiger partial charge on any atom is -0.349 e. The summed E-state index contributed by atoms with van der Waals surface area (Å²) >= 11 is 0. The Morgan fingerprint density at radius 1 is 1.00 bits per heavy atom. The first kappa shape index (κ1) is 20.8. The normalized spacial score (nSPS) is 15.8. The number of carbonyl (C=O) groups excluding carboxylic acids is 2. The summed E-state index contributed by atoms with van der Waals surface area (Å²) in [6, 6.07) is 15.3. The molecule has 0 aromatic heterocycles. The van der Waals surface area contributed by atoms with Gasteiger partial charge in [-0.05, 0) is 48.6 Å². The summed E-state index contributed by atoms with van der Waals surface area (Å²) in [4.78, 5) is 27.0. The van der Waals surface area contributed by atoms with Crippen molar-refractivity contribution in [3.05, 3.63) is 66.0 Å². The maximum atomic E-state index is 13.2. The fourth-order valence-corrected chi connectivity index (χ4v) is 3.64. The number of anilines is 1. The molecule has 2 aromatic carbocycles. The van der Waals surface area contributed by atoms with Gasteiger partial charge < -0.3 is 15.5 Å². The summed E-state index contributed by atoms with van der Waals surface area (Å²) in [5.74, 6) is -0.237. The number of carbonyl (C=O) groups is 2. The van der Waals surface area contributed by atoms with Crippen molar-refractivity contribution in [2.45, 2.75) is 32.7 Å². The predicted molar refractivity (Wildman–Crippen MR) is 112 cm³/mol. The maximum Gasteiger partial charge on any atom is 0.321 e. The molecule has 1 unspecified atom stereocenters. The number of amides is 3. The molecule has 1 aliphatic rings. The summed E-state index contributed by atoms with van der Waals surface area (Å²) in [6.45, 7) is 5.15. The molecule has 29 heavy (non-hydrogen) atoms. The largest absolute Gasteiger partial charge is 0.349 e. The average Bonchev–Trinajstić information content (AvgIpc) is 2.73. The van der Waals surface area contributed by atoms with Crippen LogP contribution >= 0.6 is 0 Å². The van der Waals surface area contributed by atoms with Crippen LogP contribution in [-0.2, 0) is 4.79 Å². The molecule has 1 heterocycles. The van der Waals surface area contributed by atoms with Crippen molar-refractivity contribution in [1.29, 1.82) is 0 Å². The van der Waals surface area contributed by atoms with Crippen LogP contribution in [0.15, 0.2) is 54.6 Å². The van der Waals surface area contributed by atoms with Crippen molar-refractivity contribution >= 4 is 17.6 Å². The van der Waals surface area contributed by atoms with Crippen LogP contribution in [0.2, 0.25) is 0 Å². The quantitative estimate of drug-likeness (QED) is 0.776. The zero-order chi connectivity index (χ0) is 20.8. The van der Waals surface area contributed by atoms with Crippen molar-refractivity contribution in [2.75, 3.05) is 18.4 Å². The molecule has 1 atom stereocenters. The third-order valence-electron chi connectivity index (χ3n) is 5.37. The molecule has 0 aliphatic carbocycles. The zero-order valence-corrected chi connectivity index (χ0v) is 16.9. The Morgan fingerprint density at radius 2 is 1.62 bits per heavy atom. The van der Waals surface area contributed by atoms with Crippen LogP contribution in [0.4, 0.5) is 14.9 Å². The molecule has 3 amide bonds. The fraction of sp³-hybridized carbons (Fsp3) is 0.391. The molecule has 6 heteroatoms. The number of hydrogen-bond donors (Lipinski definition) is 2. The number of halogens is 1. The van der Waals surface area contributed by atoms with Crippen LogP contribution in [0, 0.1) is 17.7 Å². The van der Waals surface area contributed by atoms with E-state index in [0.29, 0.717) is 25.9 Å². The van der Waals surface area contributed by atoms with E-state index >= 15 is 0 Å². The number of nitrogens with zero attached hydrogens (tertiary/aromatic N) is 1. The Hall–Kier alpha value is -2.89. The van der Waals surface area contributed by atoms with Crippen molar-refractivity contribution < 1.29 is 14.0 Å². The van der Waals surface area contributed by atoms with Gasteiger partial charge in [0.05, 0.1) is 6.04 Å². The van der Waals surface area contributed by atoms with Gasteiger partial charge in [-0.3, -0.25) is 4.79 Å². The summed E-state index contributed by atoms with van der Waals surface area (Å²) in [6.07, 6.45) is 1.25. The lowest BCUT2D eigenvalue weighted by Gasteiger charge is -2.33. The third-order valence-corrected chi connectivity index (χ3v) is 5.37. The number of piperidine rings is 1. The molecule has 0 radical (unpaired) electrons. The van der Waals surface area contributed by atoms with Crippen LogP contribution in [-0.4, -0.2) is 29.9 Å². The highest BCUT2D eigenvalue weighted by molar-refractivity contribution is 5.89. The van der Waals surface area contributed by atoms with E-state index in [1.54, 1.807) is 17.0 Å². The SMILES string of the molecule is CC(C)C(NC(=O)C1CCN(C(=O)Nc2ccccc2)CC1)c1ccc(F)cc1. The van der Waals surface area contributed by atoms with Gasteiger partial charge in [-0.2, -0.15) is 0 Å². The first-order valence-corrected chi connectivity index (χ1v) is 10.1. The van der Waals surface area contributed by atoms with E-state index in [9.17, 15) is 14.0 Å². The predicted octanol–water partition coefficient (Wildman–Crippen LogP) is 4.58. The standard InChI is InChI=1S/C23H28FN3O2/c1-16(2)21(17-8-10-19(24)11-9-17)26-22(28)18-12-14-27(15-13-18)23(29)25-20-6-4-3-5-7-20/h3-11,16,18,21H,12-15H2,1-2H3,(H,25,29)(H,26,28). The van der Waals surface area contributed by atoms with Crippen molar-refractivity contribution in [2.24, 2.45) is 11.8 Å². The number of para-hydroxylation sites is 1. The minimum atomic E-state index is -0.288. The van der Waals surface area contributed by atoms with Crippen molar-refractivity contribution in [3.8, 4) is 0 Å². The van der Waals surface area contributed by atoms with Crippen LogP contribution in [0.1, 0.15) is 38.3 Å². The van der Waals surface area contributed by atoms with Gasteiger partial charge >= 0.3 is 6.03 Å². The van der Waals surface area contributed by atoms with Gasteiger partial charge in [-0.1, -0.05) is 44.2 Å². The number of likely N-dealkylation sites (tertiary alicyclic amines) is 1. The Balaban J connectivity index is 1.53. The monoisotopic (exact) mass is 397 g/mol. The fourth-order valence-electron chi connectivity index (χ4n) is 3.64. The molecule has 3 rings (SSSR count). The van der Waals surface area contributed by atoms with E-state index in [2.05, 4.69) is 10.6 Å². The van der Waals surface area contributed by atoms with Crippen LogP contribution in [0.5, 0.6) is 0 Å². The second-order valence-corrected chi connectivity index (χ2v) is 7.84. The second-order valence-electron chi connectivity index (χ2n) is 7.84. The molecule has 0 spiro atoms. The Morgan fingerprint density at radius 3 is 2.21 bits per heavy atom. The van der Waals surface area contributed by atoms with Gasteiger partial charge in [-0.25, -0.2) is 9.18 Å². The molecular weight excluding hydrogens is 369 g/mol. The van der Waals surface area contributed by atoms with E-state index in [1.807, 2.05) is 44.2 Å². The van der Waals surface area contributed by atoms with Gasteiger partial charge in [0.25, 0.3) is 0 Å². The first-order valence-electron chi connectivity index (χ1n) is 10.1. The van der Waals surface area contributed by atoms with E-state index in [0.717, 1.165) is 11.3 Å². The highest BCUT2D eigenvalue weighted by atomic mass is 19.1. The Kier molecular flexibility index (Phi) is 6.86. The number of rotatable bonds is 5. The molecular formula is C23H28FN3O2. The summed E-state index contributed by atoms with van der Waals surface area (Å²) in [7, 11) is 0. The summed E-state index contributed by atoms with van der Waals surface area (Å²) < 4.78 is 13.2. The molecule has 0 bridgehead atoms. The average molecular weight is 397 g/mol. The lowest BCUT2D eigenvalue weighted by atomic mass is 9.92. The van der Waals surface area contributed by atoms with Crippen LogP contribution < -0.4 is 10.6 Å². The molecule has 2 aromatic rings. The highest BCUT2D eigenvalue weighted by Crippen LogP contribution is 2.25. The summed E-state index contributed by atoms with van der Waals surface area (Å²) in [5.41, 5.74) is 1.66. The summed E-state index contributed by atoms with van der Waals surface area (Å²) in [5, 5.41) is 6.01. The second kappa shape index (κ2) is 9.54. The zero-order valence-electron chi connectivity index (χ0n) is 16.9. The third kappa shape index (κ3) is 5.56. The smallest absolute Gasteiger partial charge is 0.321 e. The van der Waals surface area contributed by atoms with E-state index < -0.39 is 0 Å². The molecule has 5 nitrogen and oxygen atoms in total. The minimum absolute atomic E-state index is 0.00357. The van der Waals surface area contributed by atoms with Crippen molar-refractivity contribution in [1.82, 2.24) is 10.2 Å². The molecule has 0 saturated carbocycles. The van der Waals surface area contributed by atoms with Gasteiger partial charge in [0.2, 0.25) is 5.91 Å². The number of nitrogens with one attached hydrogen (secondary N) is 2. The molecule has 2 N–H and O–H groups in total. The number of hydrogen-bond acceptors (Lipinski definition) is 2. The van der Waals surface area contributed by atoms with E-state index in [-0.39, 0.29) is 35.6 Å². The van der Waals surface area contributed by atoms with Gasteiger partial charge in [0, 0.05) is 24.7 Å².